The fourth-order valence-electron chi connectivity index (χ4n) is 2.00. The molecule has 0 unspecified atom stereocenters. The SMILES string of the molecule is CC(C)[C@H](N)C(=O)NCC(=O)Nc1ncc(Cc2ccccc2)s1.Cl. The smallest absolute Gasteiger partial charge is 0.245 e. The summed E-state index contributed by atoms with van der Waals surface area (Å²) in [6.45, 7) is 3.59. The molecule has 0 aliphatic rings. The van der Waals surface area contributed by atoms with E-state index >= 15 is 0 Å². The van der Waals surface area contributed by atoms with Gasteiger partial charge in [0.05, 0.1) is 12.6 Å². The molecular weight excluding hydrogens is 360 g/mol. The molecule has 6 nitrogen and oxygen atoms in total. The van der Waals surface area contributed by atoms with Crippen LogP contribution in [0.3, 0.4) is 0 Å². The number of nitrogens with zero attached hydrogens (tertiary/aromatic N) is 1. The lowest BCUT2D eigenvalue weighted by atomic mass is 10.1. The molecule has 0 fully saturated rings. The number of rotatable bonds is 7. The van der Waals surface area contributed by atoms with E-state index in [0.29, 0.717) is 5.13 Å². The van der Waals surface area contributed by atoms with E-state index in [9.17, 15) is 9.59 Å². The zero-order valence-electron chi connectivity index (χ0n) is 14.2. The molecule has 25 heavy (non-hydrogen) atoms. The number of aromatic nitrogens is 1. The van der Waals surface area contributed by atoms with E-state index < -0.39 is 6.04 Å². The Morgan fingerprint density at radius 1 is 1.24 bits per heavy atom. The average Bonchev–Trinajstić information content (AvgIpc) is 2.99. The number of amides is 2. The number of halogens is 1. The highest BCUT2D eigenvalue weighted by atomic mass is 35.5. The van der Waals surface area contributed by atoms with Crippen LogP contribution in [0.1, 0.15) is 24.3 Å². The topological polar surface area (TPSA) is 97.1 Å². The maximum atomic E-state index is 11.9. The van der Waals surface area contributed by atoms with Crippen LogP contribution in [0.2, 0.25) is 0 Å². The quantitative estimate of drug-likeness (QED) is 0.683. The molecule has 1 aromatic carbocycles. The first-order chi connectivity index (χ1) is 11.5. The van der Waals surface area contributed by atoms with Crippen molar-refractivity contribution in [3.8, 4) is 0 Å². The minimum Gasteiger partial charge on any atom is -0.346 e. The van der Waals surface area contributed by atoms with Gasteiger partial charge in [0.1, 0.15) is 0 Å². The van der Waals surface area contributed by atoms with E-state index in [-0.39, 0.29) is 36.7 Å². The van der Waals surface area contributed by atoms with E-state index in [4.69, 9.17) is 5.73 Å². The maximum absolute atomic E-state index is 11.9. The van der Waals surface area contributed by atoms with Crippen LogP contribution in [-0.4, -0.2) is 29.4 Å². The lowest BCUT2D eigenvalue weighted by Gasteiger charge is -2.14. The zero-order chi connectivity index (χ0) is 17.5. The second-order valence-corrected chi connectivity index (χ2v) is 6.95. The number of hydrogen-bond donors (Lipinski definition) is 3. The van der Waals surface area contributed by atoms with Gasteiger partial charge in [-0.2, -0.15) is 0 Å². The third-order valence-corrected chi connectivity index (χ3v) is 4.38. The first-order valence-corrected chi connectivity index (χ1v) is 8.59. The molecule has 0 spiro atoms. The highest BCUT2D eigenvalue weighted by Crippen LogP contribution is 2.20. The van der Waals surface area contributed by atoms with Crippen LogP contribution in [-0.2, 0) is 16.0 Å². The minimum atomic E-state index is -0.616. The summed E-state index contributed by atoms with van der Waals surface area (Å²) in [6.07, 6.45) is 2.52. The van der Waals surface area contributed by atoms with Crippen LogP contribution < -0.4 is 16.4 Å². The zero-order valence-corrected chi connectivity index (χ0v) is 15.8. The summed E-state index contributed by atoms with van der Waals surface area (Å²) in [6, 6.07) is 9.43. The number of nitrogens with two attached hydrogens (primary N) is 1. The van der Waals surface area contributed by atoms with Crippen molar-refractivity contribution < 1.29 is 9.59 Å². The van der Waals surface area contributed by atoms with Crippen molar-refractivity contribution in [2.24, 2.45) is 11.7 Å². The molecule has 0 radical (unpaired) electrons. The third kappa shape index (κ3) is 6.81. The Kier molecular flexibility index (Phi) is 8.54. The van der Waals surface area contributed by atoms with Gasteiger partial charge in [0.2, 0.25) is 11.8 Å². The van der Waals surface area contributed by atoms with Crippen molar-refractivity contribution in [1.29, 1.82) is 0 Å². The molecule has 1 aromatic heterocycles. The normalized spacial score (nSPS) is 11.5. The highest BCUT2D eigenvalue weighted by molar-refractivity contribution is 7.15. The fraction of sp³-hybridized carbons (Fsp3) is 0.353. The van der Waals surface area contributed by atoms with E-state index in [2.05, 4.69) is 15.6 Å². The third-order valence-electron chi connectivity index (χ3n) is 3.47. The molecule has 0 bridgehead atoms. The monoisotopic (exact) mass is 382 g/mol. The Morgan fingerprint density at radius 3 is 2.56 bits per heavy atom. The molecule has 1 atom stereocenters. The lowest BCUT2D eigenvalue weighted by molar-refractivity contribution is -0.125. The molecule has 1 heterocycles. The van der Waals surface area contributed by atoms with Gasteiger partial charge >= 0.3 is 0 Å². The minimum absolute atomic E-state index is 0. The molecule has 2 aromatic rings. The van der Waals surface area contributed by atoms with Gasteiger partial charge in [0.15, 0.2) is 5.13 Å². The fourth-order valence-corrected chi connectivity index (χ4v) is 2.86. The van der Waals surface area contributed by atoms with E-state index in [1.54, 1.807) is 6.20 Å². The van der Waals surface area contributed by atoms with Gasteiger partial charge in [-0.3, -0.25) is 9.59 Å². The Hall–Kier alpha value is -1.96. The molecule has 0 aliphatic carbocycles. The number of nitrogens with one attached hydrogen (secondary N) is 2. The predicted octanol–water partition coefficient (Wildman–Crippen LogP) is 2.19. The van der Waals surface area contributed by atoms with E-state index in [1.165, 1.54) is 16.9 Å². The number of thiazole rings is 1. The Morgan fingerprint density at radius 2 is 1.92 bits per heavy atom. The average molecular weight is 383 g/mol. The van der Waals surface area contributed by atoms with Gasteiger partial charge in [-0.15, -0.1) is 23.7 Å². The number of carbonyl (C=O) groups excluding carboxylic acids is 2. The number of carbonyl (C=O) groups is 2. The molecule has 2 rings (SSSR count). The van der Waals surface area contributed by atoms with Crippen LogP contribution in [0.15, 0.2) is 36.5 Å². The molecule has 136 valence electrons. The second kappa shape index (κ2) is 10.1. The Balaban J connectivity index is 0.00000312. The van der Waals surface area contributed by atoms with E-state index in [1.807, 2.05) is 44.2 Å². The largest absolute Gasteiger partial charge is 0.346 e. The Bertz CT molecular complexity index is 691. The summed E-state index contributed by atoms with van der Waals surface area (Å²) in [4.78, 5) is 28.8. The molecule has 0 saturated carbocycles. The number of anilines is 1. The van der Waals surface area contributed by atoms with Crippen molar-refractivity contribution >= 4 is 40.7 Å². The molecule has 4 N–H and O–H groups in total. The molecule has 8 heteroatoms. The summed E-state index contributed by atoms with van der Waals surface area (Å²) in [5, 5.41) is 5.74. The van der Waals surface area contributed by atoms with Crippen molar-refractivity contribution in [3.05, 3.63) is 47.0 Å². The van der Waals surface area contributed by atoms with Gasteiger partial charge in [-0.1, -0.05) is 44.2 Å². The first kappa shape index (κ1) is 21.1. The van der Waals surface area contributed by atoms with Gasteiger partial charge in [0.25, 0.3) is 0 Å². The van der Waals surface area contributed by atoms with Gasteiger partial charge in [-0.05, 0) is 11.5 Å². The molecule has 2 amide bonds. The Labute approximate surface area is 157 Å². The molecular formula is C17H23ClN4O2S. The second-order valence-electron chi connectivity index (χ2n) is 5.83. The first-order valence-electron chi connectivity index (χ1n) is 7.77. The van der Waals surface area contributed by atoms with Crippen LogP contribution in [0.4, 0.5) is 5.13 Å². The van der Waals surface area contributed by atoms with Gasteiger partial charge < -0.3 is 16.4 Å². The summed E-state index contributed by atoms with van der Waals surface area (Å²) in [7, 11) is 0. The van der Waals surface area contributed by atoms with Crippen molar-refractivity contribution in [3.63, 3.8) is 0 Å². The summed E-state index contributed by atoms with van der Waals surface area (Å²) >= 11 is 1.42. The van der Waals surface area contributed by atoms with Crippen molar-refractivity contribution in [2.75, 3.05) is 11.9 Å². The standard InChI is InChI=1S/C17H22N4O2S.ClH/c1-11(2)15(18)16(23)19-10-14(22)21-17-20-9-13(24-17)8-12-6-4-3-5-7-12;/h3-7,9,11,15H,8,10,18H2,1-2H3,(H,19,23)(H,20,21,22);1H/t15-;/m0./s1. The van der Waals surface area contributed by atoms with Crippen LogP contribution in [0, 0.1) is 5.92 Å². The lowest BCUT2D eigenvalue weighted by Crippen LogP contribution is -2.46. The summed E-state index contributed by atoms with van der Waals surface area (Å²) in [5.41, 5.74) is 6.91. The van der Waals surface area contributed by atoms with Gasteiger partial charge in [-0.25, -0.2) is 4.98 Å². The summed E-state index contributed by atoms with van der Waals surface area (Å²) < 4.78 is 0. The highest BCUT2D eigenvalue weighted by Gasteiger charge is 2.17. The number of hydrogen-bond acceptors (Lipinski definition) is 5. The predicted molar refractivity (Wildman–Crippen MR) is 103 cm³/mol. The maximum Gasteiger partial charge on any atom is 0.245 e. The molecule has 0 saturated heterocycles. The van der Waals surface area contributed by atoms with Crippen LogP contribution in [0.5, 0.6) is 0 Å². The van der Waals surface area contributed by atoms with E-state index in [0.717, 1.165) is 11.3 Å². The van der Waals surface area contributed by atoms with Crippen LogP contribution >= 0.6 is 23.7 Å². The van der Waals surface area contributed by atoms with Crippen molar-refractivity contribution in [1.82, 2.24) is 10.3 Å². The van der Waals surface area contributed by atoms with Crippen LogP contribution in [0.25, 0.3) is 0 Å². The molecule has 0 aliphatic heterocycles. The van der Waals surface area contributed by atoms with Crippen molar-refractivity contribution in [2.45, 2.75) is 26.3 Å². The number of benzene rings is 1. The van der Waals surface area contributed by atoms with Gasteiger partial charge in [0, 0.05) is 17.5 Å². The summed E-state index contributed by atoms with van der Waals surface area (Å²) in [5.74, 6) is -0.628.